The summed E-state index contributed by atoms with van der Waals surface area (Å²) in [6.45, 7) is 3.91. The van der Waals surface area contributed by atoms with Gasteiger partial charge in [-0.3, -0.25) is 19.3 Å². The molecule has 0 saturated carbocycles. The average Bonchev–Trinajstić information content (AvgIpc) is 3.45. The average molecular weight is 551 g/mol. The van der Waals surface area contributed by atoms with E-state index in [1.54, 1.807) is 42.5 Å². The molecule has 2 heterocycles. The van der Waals surface area contributed by atoms with Crippen LogP contribution in [-0.2, 0) is 16.1 Å². The molecule has 10 heteroatoms. The van der Waals surface area contributed by atoms with Gasteiger partial charge in [-0.1, -0.05) is 35.9 Å². The minimum Gasteiger partial charge on any atom is -0.484 e. The van der Waals surface area contributed by atoms with Crippen molar-refractivity contribution in [3.63, 3.8) is 0 Å². The Bertz CT molecular complexity index is 1470. The fraction of sp³-hybridized carbons (Fsp3) is 0.179. The van der Waals surface area contributed by atoms with Gasteiger partial charge in [0.15, 0.2) is 18.1 Å². The van der Waals surface area contributed by atoms with E-state index in [4.69, 9.17) is 25.8 Å². The summed E-state index contributed by atoms with van der Waals surface area (Å²) in [7, 11) is 0. The molecule has 3 aromatic carbocycles. The van der Waals surface area contributed by atoms with Gasteiger partial charge in [0.05, 0.1) is 11.4 Å². The third-order valence-electron chi connectivity index (χ3n) is 6.17. The fourth-order valence-corrected chi connectivity index (χ4v) is 4.97. The van der Waals surface area contributed by atoms with Crippen molar-refractivity contribution in [2.45, 2.75) is 20.4 Å². The number of hydrogen-bond donors (Lipinski definition) is 1. The molecular weight excluding hydrogens is 528 g/mol. The van der Waals surface area contributed by atoms with Crippen molar-refractivity contribution in [1.82, 2.24) is 4.90 Å². The van der Waals surface area contributed by atoms with E-state index >= 15 is 0 Å². The SMILES string of the molecule is Cc1cccc(NC(=O)COc2ccc(/C=C3\SC(=O)N(Cc4cc5c(cc4Cl)OCO5)C3=O)cc2)c1C. The number of nitrogens with zero attached hydrogens (tertiary/aromatic N) is 1. The third kappa shape index (κ3) is 5.49. The number of ether oxygens (including phenoxy) is 3. The molecule has 3 aromatic rings. The lowest BCUT2D eigenvalue weighted by atomic mass is 10.1. The minimum absolute atomic E-state index is 0.0222. The van der Waals surface area contributed by atoms with Gasteiger partial charge in [0.2, 0.25) is 6.79 Å². The molecule has 0 spiro atoms. The van der Waals surface area contributed by atoms with Crippen molar-refractivity contribution < 1.29 is 28.6 Å². The van der Waals surface area contributed by atoms with E-state index in [1.165, 1.54) is 0 Å². The zero-order valence-electron chi connectivity index (χ0n) is 20.6. The van der Waals surface area contributed by atoms with Gasteiger partial charge in [-0.15, -0.1) is 0 Å². The predicted octanol–water partition coefficient (Wildman–Crippen LogP) is 5.94. The fourth-order valence-electron chi connectivity index (χ4n) is 3.92. The van der Waals surface area contributed by atoms with Gasteiger partial charge in [-0.25, -0.2) is 0 Å². The topological polar surface area (TPSA) is 94.2 Å². The molecule has 1 fully saturated rings. The first-order valence-electron chi connectivity index (χ1n) is 11.7. The predicted molar refractivity (Wildman–Crippen MR) is 146 cm³/mol. The van der Waals surface area contributed by atoms with Crippen LogP contribution in [0.1, 0.15) is 22.3 Å². The highest BCUT2D eigenvalue weighted by Crippen LogP contribution is 2.39. The number of anilines is 1. The Hall–Kier alpha value is -3.95. The smallest absolute Gasteiger partial charge is 0.293 e. The number of hydrogen-bond acceptors (Lipinski definition) is 7. The van der Waals surface area contributed by atoms with E-state index < -0.39 is 5.91 Å². The van der Waals surface area contributed by atoms with Crippen LogP contribution in [0.4, 0.5) is 10.5 Å². The van der Waals surface area contributed by atoms with Gasteiger partial charge in [-0.05, 0) is 78.2 Å². The van der Waals surface area contributed by atoms with Crippen molar-refractivity contribution in [3.05, 3.63) is 86.8 Å². The third-order valence-corrected chi connectivity index (χ3v) is 7.43. The maximum Gasteiger partial charge on any atom is 0.293 e. The van der Waals surface area contributed by atoms with Gasteiger partial charge in [0.25, 0.3) is 17.1 Å². The van der Waals surface area contributed by atoms with Crippen LogP contribution in [0.3, 0.4) is 0 Å². The number of rotatable bonds is 7. The highest BCUT2D eigenvalue weighted by atomic mass is 35.5. The number of amides is 3. The molecule has 1 saturated heterocycles. The summed E-state index contributed by atoms with van der Waals surface area (Å²) in [6.07, 6.45) is 1.64. The molecule has 0 radical (unpaired) electrons. The lowest BCUT2D eigenvalue weighted by molar-refractivity contribution is -0.123. The molecule has 0 bridgehead atoms. The Morgan fingerprint density at radius 2 is 1.84 bits per heavy atom. The van der Waals surface area contributed by atoms with E-state index in [2.05, 4.69) is 5.32 Å². The number of carbonyl (C=O) groups excluding carboxylic acids is 3. The summed E-state index contributed by atoms with van der Waals surface area (Å²) >= 11 is 7.18. The molecule has 2 aliphatic rings. The summed E-state index contributed by atoms with van der Waals surface area (Å²) in [5.41, 5.74) is 4.15. The van der Waals surface area contributed by atoms with Crippen LogP contribution in [-0.4, -0.2) is 35.4 Å². The summed E-state index contributed by atoms with van der Waals surface area (Å²) in [4.78, 5) is 39.3. The number of carbonyl (C=O) groups is 3. The number of benzene rings is 3. The van der Waals surface area contributed by atoms with Crippen LogP contribution in [0.25, 0.3) is 6.08 Å². The van der Waals surface area contributed by atoms with Crippen LogP contribution in [0.15, 0.2) is 59.5 Å². The van der Waals surface area contributed by atoms with E-state index in [0.717, 1.165) is 33.5 Å². The Morgan fingerprint density at radius 3 is 2.61 bits per heavy atom. The molecular formula is C28H23ClN2O6S. The summed E-state index contributed by atoms with van der Waals surface area (Å²) in [5, 5.41) is 2.86. The Balaban J connectivity index is 1.19. The Kier molecular flexibility index (Phi) is 7.31. The van der Waals surface area contributed by atoms with E-state index in [9.17, 15) is 14.4 Å². The number of fused-ring (bicyclic) bond motifs is 1. The summed E-state index contributed by atoms with van der Waals surface area (Å²) in [5.74, 6) is 0.888. The van der Waals surface area contributed by atoms with Crippen LogP contribution >= 0.6 is 23.4 Å². The number of halogens is 1. The number of nitrogens with one attached hydrogen (secondary N) is 1. The Labute approximate surface area is 228 Å². The van der Waals surface area contributed by atoms with Crippen molar-refractivity contribution in [2.24, 2.45) is 0 Å². The molecule has 5 rings (SSSR count). The van der Waals surface area contributed by atoms with Crippen LogP contribution in [0.5, 0.6) is 17.2 Å². The molecule has 0 aliphatic carbocycles. The van der Waals surface area contributed by atoms with Crippen molar-refractivity contribution in [3.8, 4) is 17.2 Å². The van der Waals surface area contributed by atoms with Crippen molar-refractivity contribution in [1.29, 1.82) is 0 Å². The van der Waals surface area contributed by atoms with Gasteiger partial charge in [0.1, 0.15) is 5.75 Å². The first kappa shape index (κ1) is 25.7. The number of thioether (sulfide) groups is 1. The zero-order chi connectivity index (χ0) is 26.8. The van der Waals surface area contributed by atoms with Crippen LogP contribution in [0, 0.1) is 13.8 Å². The van der Waals surface area contributed by atoms with E-state index in [1.807, 2.05) is 32.0 Å². The maximum absolute atomic E-state index is 13.0. The van der Waals surface area contributed by atoms with E-state index in [-0.39, 0.29) is 31.1 Å². The van der Waals surface area contributed by atoms with Crippen molar-refractivity contribution in [2.75, 3.05) is 18.7 Å². The zero-order valence-corrected chi connectivity index (χ0v) is 22.2. The normalized spacial score (nSPS) is 15.3. The second-order valence-electron chi connectivity index (χ2n) is 8.72. The summed E-state index contributed by atoms with van der Waals surface area (Å²) < 4.78 is 16.3. The number of aryl methyl sites for hydroxylation is 1. The molecule has 0 aromatic heterocycles. The minimum atomic E-state index is -0.405. The highest BCUT2D eigenvalue weighted by molar-refractivity contribution is 8.18. The second kappa shape index (κ2) is 10.8. The maximum atomic E-state index is 13.0. The summed E-state index contributed by atoms with van der Waals surface area (Å²) in [6, 6.07) is 15.9. The molecule has 194 valence electrons. The molecule has 1 N–H and O–H groups in total. The quantitative estimate of drug-likeness (QED) is 0.364. The van der Waals surface area contributed by atoms with Gasteiger partial charge in [-0.2, -0.15) is 0 Å². The lowest BCUT2D eigenvalue weighted by Crippen LogP contribution is -2.27. The molecule has 38 heavy (non-hydrogen) atoms. The van der Waals surface area contributed by atoms with E-state index in [0.29, 0.717) is 38.3 Å². The molecule has 3 amide bonds. The first-order chi connectivity index (χ1) is 18.3. The standard InChI is InChI=1S/C28H23ClN2O6S/c1-16-4-3-5-22(17(16)2)30-26(32)14-35-20-8-6-18(7-9-20)10-25-27(33)31(28(34)38-25)13-19-11-23-24(12-21(19)29)37-15-36-23/h3-12H,13-15H2,1-2H3,(H,30,32)/b25-10-. The Morgan fingerprint density at radius 1 is 1.11 bits per heavy atom. The van der Waals surface area contributed by atoms with Crippen molar-refractivity contribution >= 4 is 52.2 Å². The van der Waals surface area contributed by atoms with Crippen LogP contribution in [0.2, 0.25) is 5.02 Å². The number of imide groups is 1. The molecule has 8 nitrogen and oxygen atoms in total. The molecule has 0 atom stereocenters. The second-order valence-corrected chi connectivity index (χ2v) is 10.1. The highest BCUT2D eigenvalue weighted by Gasteiger charge is 2.35. The molecule has 0 unspecified atom stereocenters. The largest absolute Gasteiger partial charge is 0.484 e. The van der Waals surface area contributed by atoms with Gasteiger partial charge >= 0.3 is 0 Å². The lowest BCUT2D eigenvalue weighted by Gasteiger charge is -2.14. The molecule has 2 aliphatic heterocycles. The van der Waals surface area contributed by atoms with Gasteiger partial charge < -0.3 is 19.5 Å². The monoisotopic (exact) mass is 550 g/mol. The van der Waals surface area contributed by atoms with Crippen LogP contribution < -0.4 is 19.5 Å². The van der Waals surface area contributed by atoms with Gasteiger partial charge in [0, 0.05) is 16.8 Å². The first-order valence-corrected chi connectivity index (χ1v) is 12.9.